The molecule has 150 valence electrons. The monoisotopic (exact) mass is 413 g/mol. The number of rotatable bonds is 3. The van der Waals surface area contributed by atoms with Crippen LogP contribution in [0.3, 0.4) is 0 Å². The first-order valence-electron chi connectivity index (χ1n) is 9.71. The van der Waals surface area contributed by atoms with Crippen molar-refractivity contribution >= 4 is 28.5 Å². The fourth-order valence-corrected chi connectivity index (χ4v) is 4.47. The van der Waals surface area contributed by atoms with Crippen LogP contribution >= 0.6 is 11.6 Å². The van der Waals surface area contributed by atoms with E-state index in [0.717, 1.165) is 47.2 Å². The smallest absolute Gasteiger partial charge is 0.339 e. The molecule has 1 aliphatic heterocycles. The van der Waals surface area contributed by atoms with Crippen molar-refractivity contribution in [3.8, 4) is 5.75 Å². The zero-order valence-electron chi connectivity index (χ0n) is 16.0. The third-order valence-corrected chi connectivity index (χ3v) is 5.95. The number of carbonyl (C=O) groups excluding carboxylic acids is 1. The highest BCUT2D eigenvalue weighted by atomic mass is 35.5. The van der Waals surface area contributed by atoms with E-state index >= 15 is 0 Å². The van der Waals surface area contributed by atoms with Crippen molar-refractivity contribution in [1.82, 2.24) is 14.7 Å². The number of ether oxygens (including phenoxy) is 1. The molecule has 0 fully saturated rings. The van der Waals surface area contributed by atoms with E-state index < -0.39 is 0 Å². The SMILES string of the molecule is Cc1cc2n(n1)CCN(C(=O)COc1cc3oc(=O)c4c(c3cc1Cl)CCC4)C2. The maximum absolute atomic E-state index is 12.6. The highest BCUT2D eigenvalue weighted by Crippen LogP contribution is 2.34. The summed E-state index contributed by atoms with van der Waals surface area (Å²) < 4.78 is 13.1. The molecule has 1 amide bonds. The van der Waals surface area contributed by atoms with Gasteiger partial charge in [-0.25, -0.2) is 4.79 Å². The predicted octanol–water partition coefficient (Wildman–Crippen LogP) is 2.86. The molecule has 0 N–H and O–H groups in total. The number of aryl methyl sites for hydroxylation is 2. The minimum absolute atomic E-state index is 0.123. The zero-order chi connectivity index (χ0) is 20.1. The first-order valence-corrected chi connectivity index (χ1v) is 10.1. The van der Waals surface area contributed by atoms with Crippen molar-refractivity contribution in [3.63, 3.8) is 0 Å². The molecular formula is C21H20ClN3O4. The minimum atomic E-state index is -0.297. The number of amides is 1. The minimum Gasteiger partial charge on any atom is -0.482 e. The Morgan fingerprint density at radius 1 is 1.24 bits per heavy atom. The van der Waals surface area contributed by atoms with Crippen molar-refractivity contribution in [2.24, 2.45) is 0 Å². The van der Waals surface area contributed by atoms with Gasteiger partial charge < -0.3 is 14.1 Å². The Bertz CT molecular complexity index is 1200. The Morgan fingerprint density at radius 3 is 2.93 bits per heavy atom. The van der Waals surface area contributed by atoms with E-state index in [2.05, 4.69) is 5.10 Å². The molecule has 5 rings (SSSR count). The standard InChI is InChI=1S/C21H20ClN3O4/c1-12-7-13-10-24(5-6-25(13)23-12)20(26)11-28-19-9-18-16(8-17(19)22)14-3-2-4-15(14)21(27)29-18/h7-9H,2-6,10-11H2,1H3. The average Bonchev–Trinajstić information content (AvgIpc) is 3.32. The Balaban J connectivity index is 1.34. The van der Waals surface area contributed by atoms with Crippen LogP contribution in [0, 0.1) is 6.92 Å². The van der Waals surface area contributed by atoms with E-state index in [1.165, 1.54) is 0 Å². The summed E-state index contributed by atoms with van der Waals surface area (Å²) in [4.78, 5) is 26.6. The molecule has 1 aliphatic carbocycles. The highest BCUT2D eigenvalue weighted by molar-refractivity contribution is 6.32. The van der Waals surface area contributed by atoms with Gasteiger partial charge in [0.2, 0.25) is 0 Å². The molecule has 7 nitrogen and oxygen atoms in total. The van der Waals surface area contributed by atoms with Gasteiger partial charge in [0.15, 0.2) is 6.61 Å². The Kier molecular flexibility index (Phi) is 4.35. The maximum Gasteiger partial charge on any atom is 0.339 e. The lowest BCUT2D eigenvalue weighted by Crippen LogP contribution is -2.40. The summed E-state index contributed by atoms with van der Waals surface area (Å²) in [6.07, 6.45) is 2.53. The number of hydrogen-bond acceptors (Lipinski definition) is 5. The summed E-state index contributed by atoms with van der Waals surface area (Å²) in [5.41, 5.74) is 3.87. The number of hydrogen-bond donors (Lipinski definition) is 0. The lowest BCUT2D eigenvalue weighted by Gasteiger charge is -2.27. The Morgan fingerprint density at radius 2 is 2.07 bits per heavy atom. The van der Waals surface area contributed by atoms with Crippen LogP contribution in [-0.2, 0) is 30.7 Å². The summed E-state index contributed by atoms with van der Waals surface area (Å²) in [6.45, 7) is 3.57. The third-order valence-electron chi connectivity index (χ3n) is 5.65. The maximum atomic E-state index is 12.6. The van der Waals surface area contributed by atoms with E-state index in [9.17, 15) is 9.59 Å². The van der Waals surface area contributed by atoms with E-state index in [1.54, 1.807) is 17.0 Å². The van der Waals surface area contributed by atoms with Gasteiger partial charge in [0.1, 0.15) is 11.3 Å². The summed E-state index contributed by atoms with van der Waals surface area (Å²) in [7, 11) is 0. The molecule has 1 aromatic carbocycles. The second-order valence-corrected chi connectivity index (χ2v) is 7.99. The summed E-state index contributed by atoms with van der Waals surface area (Å²) >= 11 is 6.40. The fourth-order valence-electron chi connectivity index (χ4n) is 4.25. The van der Waals surface area contributed by atoms with Gasteiger partial charge in [-0.2, -0.15) is 5.10 Å². The van der Waals surface area contributed by atoms with Gasteiger partial charge in [-0.05, 0) is 43.9 Å². The second-order valence-electron chi connectivity index (χ2n) is 7.58. The van der Waals surface area contributed by atoms with Crippen molar-refractivity contribution < 1.29 is 13.9 Å². The van der Waals surface area contributed by atoms with Crippen LogP contribution in [0.1, 0.15) is 28.9 Å². The molecule has 2 aliphatic rings. The Labute approximate surface area is 171 Å². The number of halogens is 1. The van der Waals surface area contributed by atoms with Gasteiger partial charge >= 0.3 is 5.63 Å². The normalized spacial score (nSPS) is 15.4. The molecular weight excluding hydrogens is 394 g/mol. The average molecular weight is 414 g/mol. The number of carbonyl (C=O) groups is 1. The molecule has 0 bridgehead atoms. The quantitative estimate of drug-likeness (QED) is 0.617. The molecule has 2 aromatic heterocycles. The molecule has 29 heavy (non-hydrogen) atoms. The second kappa shape index (κ2) is 6.91. The van der Waals surface area contributed by atoms with E-state index in [0.29, 0.717) is 36.0 Å². The molecule has 3 aromatic rings. The van der Waals surface area contributed by atoms with Gasteiger partial charge in [0.05, 0.1) is 29.5 Å². The van der Waals surface area contributed by atoms with E-state index in [1.807, 2.05) is 17.7 Å². The largest absolute Gasteiger partial charge is 0.482 e. The van der Waals surface area contributed by atoms with Crippen LogP contribution in [0.25, 0.3) is 11.0 Å². The van der Waals surface area contributed by atoms with Crippen LogP contribution in [0.2, 0.25) is 5.02 Å². The van der Waals surface area contributed by atoms with Gasteiger partial charge in [-0.3, -0.25) is 9.48 Å². The molecule has 3 heterocycles. The topological polar surface area (TPSA) is 77.6 Å². The molecule has 8 heteroatoms. The predicted molar refractivity (Wildman–Crippen MR) is 107 cm³/mol. The molecule has 0 spiro atoms. The zero-order valence-corrected chi connectivity index (χ0v) is 16.8. The van der Waals surface area contributed by atoms with E-state index in [-0.39, 0.29) is 18.1 Å². The van der Waals surface area contributed by atoms with Gasteiger partial charge in [-0.1, -0.05) is 11.6 Å². The van der Waals surface area contributed by atoms with Crippen LogP contribution < -0.4 is 10.4 Å². The summed E-state index contributed by atoms with van der Waals surface area (Å²) in [6, 6.07) is 5.37. The van der Waals surface area contributed by atoms with E-state index in [4.69, 9.17) is 20.8 Å². The van der Waals surface area contributed by atoms with Crippen molar-refractivity contribution in [2.45, 2.75) is 39.3 Å². The number of benzene rings is 1. The van der Waals surface area contributed by atoms with Gasteiger partial charge in [0, 0.05) is 23.6 Å². The highest BCUT2D eigenvalue weighted by Gasteiger charge is 2.24. The van der Waals surface area contributed by atoms with Gasteiger partial charge in [-0.15, -0.1) is 0 Å². The van der Waals surface area contributed by atoms with Crippen LogP contribution in [0.5, 0.6) is 5.75 Å². The molecule has 0 saturated heterocycles. The summed E-state index contributed by atoms with van der Waals surface area (Å²) in [5, 5.41) is 5.66. The van der Waals surface area contributed by atoms with Crippen molar-refractivity contribution in [1.29, 1.82) is 0 Å². The number of aromatic nitrogens is 2. The molecule has 0 atom stereocenters. The molecule has 0 radical (unpaired) electrons. The van der Waals surface area contributed by atoms with Crippen molar-refractivity contribution in [3.05, 3.63) is 56.2 Å². The van der Waals surface area contributed by atoms with Crippen LogP contribution in [0.4, 0.5) is 0 Å². The number of nitrogens with zero attached hydrogens (tertiary/aromatic N) is 3. The van der Waals surface area contributed by atoms with Crippen molar-refractivity contribution in [2.75, 3.05) is 13.2 Å². The van der Waals surface area contributed by atoms with Crippen LogP contribution in [0.15, 0.2) is 27.4 Å². The summed E-state index contributed by atoms with van der Waals surface area (Å²) in [5.74, 6) is 0.216. The first kappa shape index (κ1) is 18.2. The van der Waals surface area contributed by atoms with Gasteiger partial charge in [0.25, 0.3) is 5.91 Å². The number of fused-ring (bicyclic) bond motifs is 4. The first-order chi connectivity index (χ1) is 14.0. The lowest BCUT2D eigenvalue weighted by molar-refractivity contribution is -0.134. The van der Waals surface area contributed by atoms with Crippen LogP contribution in [-0.4, -0.2) is 33.7 Å². The third kappa shape index (κ3) is 3.19. The fraction of sp³-hybridized carbons (Fsp3) is 0.381. The molecule has 0 unspecified atom stereocenters. The lowest BCUT2D eigenvalue weighted by atomic mass is 10.1. The molecule has 0 saturated carbocycles. The Hall–Kier alpha value is -2.80.